The summed E-state index contributed by atoms with van der Waals surface area (Å²) >= 11 is 0. The zero-order valence-electron chi connectivity index (χ0n) is 10.8. The van der Waals surface area contributed by atoms with Crippen LogP contribution in [0.1, 0.15) is 46.9 Å². The van der Waals surface area contributed by atoms with E-state index in [1.807, 2.05) is 4.68 Å². The molecule has 0 amide bonds. The van der Waals surface area contributed by atoms with Crippen molar-refractivity contribution < 1.29 is 14.6 Å². The van der Waals surface area contributed by atoms with E-state index in [0.29, 0.717) is 23.4 Å². The highest BCUT2D eigenvalue weighted by Gasteiger charge is 2.50. The first-order chi connectivity index (χ1) is 9.24. The molecule has 0 aromatic carbocycles. The van der Waals surface area contributed by atoms with E-state index in [2.05, 4.69) is 5.10 Å². The molecule has 1 aliphatic heterocycles. The zero-order valence-corrected chi connectivity index (χ0v) is 10.8. The molecule has 0 spiro atoms. The highest BCUT2D eigenvalue weighted by Crippen LogP contribution is 2.57. The van der Waals surface area contributed by atoms with Gasteiger partial charge < -0.3 is 9.84 Å². The summed E-state index contributed by atoms with van der Waals surface area (Å²) in [5.74, 6) is 1.00. The van der Waals surface area contributed by atoms with Crippen LogP contribution in [0, 0.1) is 11.8 Å². The number of carbonyl (C=O) groups is 1. The minimum Gasteiger partial charge on any atom is -0.476 e. The fraction of sp³-hybridized carbons (Fsp3) is 0.714. The minimum absolute atomic E-state index is 0.300. The van der Waals surface area contributed by atoms with Crippen molar-refractivity contribution in [1.29, 1.82) is 0 Å². The van der Waals surface area contributed by atoms with E-state index < -0.39 is 5.97 Å². The largest absolute Gasteiger partial charge is 0.476 e. The Morgan fingerprint density at radius 3 is 2.95 bits per heavy atom. The molecule has 4 rings (SSSR count). The smallest absolute Gasteiger partial charge is 0.356 e. The van der Waals surface area contributed by atoms with Crippen LogP contribution in [0.5, 0.6) is 0 Å². The Bertz CT molecular complexity index is 531. The van der Waals surface area contributed by atoms with Crippen LogP contribution in [0.15, 0.2) is 0 Å². The highest BCUT2D eigenvalue weighted by molar-refractivity contribution is 5.88. The van der Waals surface area contributed by atoms with Crippen molar-refractivity contribution in [3.05, 3.63) is 17.0 Å². The van der Waals surface area contributed by atoms with Gasteiger partial charge in [0.25, 0.3) is 0 Å². The monoisotopic (exact) mass is 262 g/mol. The molecule has 3 aliphatic rings. The third kappa shape index (κ3) is 1.79. The van der Waals surface area contributed by atoms with Gasteiger partial charge in [0.15, 0.2) is 5.69 Å². The van der Waals surface area contributed by atoms with Crippen molar-refractivity contribution in [1.82, 2.24) is 9.78 Å². The van der Waals surface area contributed by atoms with E-state index in [0.717, 1.165) is 44.6 Å². The normalized spacial score (nSPS) is 29.1. The van der Waals surface area contributed by atoms with Gasteiger partial charge >= 0.3 is 5.97 Å². The fourth-order valence-electron chi connectivity index (χ4n) is 3.68. The predicted molar refractivity (Wildman–Crippen MR) is 67.3 cm³/mol. The number of ether oxygens (including phenoxy) is 1. The topological polar surface area (TPSA) is 64.3 Å². The van der Waals surface area contributed by atoms with Crippen LogP contribution in [-0.2, 0) is 17.7 Å². The maximum absolute atomic E-state index is 11.3. The number of nitrogens with zero attached hydrogens (tertiary/aromatic N) is 2. The van der Waals surface area contributed by atoms with Gasteiger partial charge in [0.1, 0.15) is 0 Å². The van der Waals surface area contributed by atoms with Crippen molar-refractivity contribution in [2.75, 3.05) is 13.2 Å². The van der Waals surface area contributed by atoms with Crippen molar-refractivity contribution in [2.24, 2.45) is 11.8 Å². The summed E-state index contributed by atoms with van der Waals surface area (Å²) in [5, 5.41) is 13.7. The van der Waals surface area contributed by atoms with Crippen LogP contribution in [0.3, 0.4) is 0 Å². The van der Waals surface area contributed by atoms with Crippen LogP contribution in [-0.4, -0.2) is 34.1 Å². The Hall–Kier alpha value is -1.36. The van der Waals surface area contributed by atoms with Gasteiger partial charge in [-0.25, -0.2) is 4.79 Å². The number of rotatable bonds is 3. The Balaban J connectivity index is 1.64. The quantitative estimate of drug-likeness (QED) is 0.900. The Kier molecular flexibility index (Phi) is 2.45. The molecular formula is C14H18N2O3. The second-order valence-electron chi connectivity index (χ2n) is 6.06. The first-order valence-electron chi connectivity index (χ1n) is 7.14. The molecule has 19 heavy (non-hydrogen) atoms. The molecule has 0 bridgehead atoms. The number of carboxylic acids is 1. The average Bonchev–Trinajstić information content (AvgIpc) is 2.92. The summed E-state index contributed by atoms with van der Waals surface area (Å²) in [7, 11) is 0. The summed E-state index contributed by atoms with van der Waals surface area (Å²) in [5.41, 5.74) is 2.55. The summed E-state index contributed by atoms with van der Waals surface area (Å²) in [6, 6.07) is 0. The van der Waals surface area contributed by atoms with E-state index in [4.69, 9.17) is 4.74 Å². The van der Waals surface area contributed by atoms with Crippen LogP contribution >= 0.6 is 0 Å². The number of hydrogen-bond acceptors (Lipinski definition) is 3. The summed E-state index contributed by atoms with van der Waals surface area (Å²) in [6.07, 6.45) is 4.28. The average molecular weight is 262 g/mol. The van der Waals surface area contributed by atoms with Gasteiger partial charge in [-0.3, -0.25) is 4.68 Å². The SMILES string of the molecule is O=C(O)c1nn(CC2CCOCC2)c2c1CC1CC21. The first-order valence-corrected chi connectivity index (χ1v) is 7.14. The molecule has 1 saturated carbocycles. The summed E-state index contributed by atoms with van der Waals surface area (Å²) in [4.78, 5) is 11.3. The van der Waals surface area contributed by atoms with E-state index in [9.17, 15) is 9.90 Å². The molecule has 2 unspecified atom stereocenters. The third-order valence-electron chi connectivity index (χ3n) is 4.81. The summed E-state index contributed by atoms with van der Waals surface area (Å²) in [6.45, 7) is 2.51. The maximum Gasteiger partial charge on any atom is 0.356 e. The number of fused-ring (bicyclic) bond motifs is 3. The number of aromatic nitrogens is 2. The summed E-state index contributed by atoms with van der Waals surface area (Å²) < 4.78 is 7.39. The molecule has 1 saturated heterocycles. The van der Waals surface area contributed by atoms with Crippen LogP contribution in [0.25, 0.3) is 0 Å². The van der Waals surface area contributed by atoms with Crippen molar-refractivity contribution >= 4 is 5.97 Å². The molecule has 5 heteroatoms. The van der Waals surface area contributed by atoms with E-state index in [1.54, 1.807) is 0 Å². The molecule has 5 nitrogen and oxygen atoms in total. The number of aromatic carboxylic acids is 1. The minimum atomic E-state index is -0.872. The number of carboxylic acid groups (broad SMARTS) is 1. The molecule has 1 N–H and O–H groups in total. The Labute approximate surface area is 111 Å². The third-order valence-corrected chi connectivity index (χ3v) is 4.81. The van der Waals surface area contributed by atoms with E-state index >= 15 is 0 Å². The predicted octanol–water partition coefficient (Wildman–Crippen LogP) is 1.67. The highest BCUT2D eigenvalue weighted by atomic mass is 16.5. The van der Waals surface area contributed by atoms with Crippen molar-refractivity contribution in [3.63, 3.8) is 0 Å². The molecule has 2 heterocycles. The van der Waals surface area contributed by atoms with Gasteiger partial charge in [0, 0.05) is 36.9 Å². The Morgan fingerprint density at radius 1 is 1.42 bits per heavy atom. The lowest BCUT2D eigenvalue weighted by Gasteiger charge is -2.22. The molecule has 2 aliphatic carbocycles. The lowest BCUT2D eigenvalue weighted by atomic mass is 10.0. The van der Waals surface area contributed by atoms with Gasteiger partial charge in [0.05, 0.1) is 0 Å². The first kappa shape index (κ1) is 11.5. The second kappa shape index (κ2) is 4.07. The van der Waals surface area contributed by atoms with Crippen LogP contribution in [0.4, 0.5) is 0 Å². The van der Waals surface area contributed by atoms with Crippen molar-refractivity contribution in [2.45, 2.75) is 38.1 Å². The van der Waals surface area contributed by atoms with Gasteiger partial charge in [-0.05, 0) is 37.5 Å². The molecule has 2 fully saturated rings. The van der Waals surface area contributed by atoms with Gasteiger partial charge in [-0.15, -0.1) is 0 Å². The molecule has 0 radical (unpaired) electrons. The molecule has 102 valence electrons. The molecular weight excluding hydrogens is 244 g/mol. The van der Waals surface area contributed by atoms with Crippen molar-refractivity contribution in [3.8, 4) is 0 Å². The standard InChI is InChI=1S/C14H18N2O3/c17-14(18)12-11-6-9-5-10(9)13(11)16(15-12)7-8-1-3-19-4-2-8/h8-10H,1-7H2,(H,17,18). The van der Waals surface area contributed by atoms with Gasteiger partial charge in [-0.1, -0.05) is 0 Å². The van der Waals surface area contributed by atoms with Gasteiger partial charge in [0.2, 0.25) is 0 Å². The second-order valence-corrected chi connectivity index (χ2v) is 6.06. The molecule has 1 aromatic heterocycles. The lowest BCUT2D eigenvalue weighted by Crippen LogP contribution is -2.22. The van der Waals surface area contributed by atoms with Gasteiger partial charge in [-0.2, -0.15) is 5.10 Å². The van der Waals surface area contributed by atoms with E-state index in [-0.39, 0.29) is 0 Å². The van der Waals surface area contributed by atoms with E-state index in [1.165, 1.54) is 12.1 Å². The molecule has 1 aromatic rings. The Morgan fingerprint density at radius 2 is 2.21 bits per heavy atom. The lowest BCUT2D eigenvalue weighted by molar-refractivity contribution is 0.0594. The number of hydrogen-bond donors (Lipinski definition) is 1. The van der Waals surface area contributed by atoms with Crippen LogP contribution < -0.4 is 0 Å². The zero-order chi connectivity index (χ0) is 13.0. The van der Waals surface area contributed by atoms with Crippen LogP contribution in [0.2, 0.25) is 0 Å². The fourth-order valence-corrected chi connectivity index (χ4v) is 3.68. The molecule has 2 atom stereocenters. The maximum atomic E-state index is 11.3.